The van der Waals surface area contributed by atoms with E-state index in [4.69, 9.17) is 23.8 Å². The van der Waals surface area contributed by atoms with Crippen molar-refractivity contribution < 1.29 is 8.42 Å². The van der Waals surface area contributed by atoms with Crippen LogP contribution >= 0.6 is 11.6 Å². The van der Waals surface area contributed by atoms with E-state index in [1.165, 1.54) is 12.1 Å². The van der Waals surface area contributed by atoms with Crippen LogP contribution in [-0.4, -0.2) is 14.0 Å². The molecule has 0 aliphatic heterocycles. The predicted octanol–water partition coefficient (Wildman–Crippen LogP) is 1.61. The molecule has 0 bridgehead atoms. The minimum Gasteiger partial charge on any atom is -0.398 e. The third-order valence-electron chi connectivity index (χ3n) is 2.02. The molecule has 0 atom stereocenters. The van der Waals surface area contributed by atoms with Gasteiger partial charge in [0.05, 0.1) is 16.2 Å². The lowest BCUT2D eigenvalue weighted by Gasteiger charge is -2.20. The summed E-state index contributed by atoms with van der Waals surface area (Å²) in [5, 5.41) is 0.0605. The van der Waals surface area contributed by atoms with Crippen molar-refractivity contribution in [1.82, 2.24) is 4.72 Å². The van der Waals surface area contributed by atoms with Crippen molar-refractivity contribution in [3.05, 3.63) is 23.2 Å². The molecule has 0 spiro atoms. The van der Waals surface area contributed by atoms with E-state index in [1.54, 1.807) is 19.9 Å². The summed E-state index contributed by atoms with van der Waals surface area (Å²) in [6, 6.07) is 4.49. The first-order chi connectivity index (χ1) is 7.69. The van der Waals surface area contributed by atoms with Crippen molar-refractivity contribution in [1.29, 1.82) is 0 Å². The van der Waals surface area contributed by atoms with Gasteiger partial charge in [0.15, 0.2) is 0 Å². The normalized spacial score (nSPS) is 12.1. The van der Waals surface area contributed by atoms with E-state index in [0.29, 0.717) is 0 Å². The van der Waals surface area contributed by atoms with Crippen LogP contribution in [0.4, 0.5) is 5.69 Å². The Morgan fingerprint density at radius 2 is 2.06 bits per heavy atom. The number of benzene rings is 1. The highest BCUT2D eigenvalue weighted by molar-refractivity contribution is 7.89. The highest BCUT2D eigenvalue weighted by Gasteiger charge is 2.27. The van der Waals surface area contributed by atoms with E-state index >= 15 is 0 Å². The second-order valence-corrected chi connectivity index (χ2v) is 6.06. The van der Waals surface area contributed by atoms with Crippen molar-refractivity contribution in [3.63, 3.8) is 0 Å². The summed E-state index contributed by atoms with van der Waals surface area (Å²) in [7, 11) is -3.84. The Bertz CT molecular complexity index is 553. The number of halogens is 1. The molecule has 6 heteroatoms. The van der Waals surface area contributed by atoms with Crippen LogP contribution in [-0.2, 0) is 10.0 Å². The van der Waals surface area contributed by atoms with Crippen LogP contribution in [0.1, 0.15) is 13.8 Å². The van der Waals surface area contributed by atoms with Crippen LogP contribution < -0.4 is 10.5 Å². The SMILES string of the molecule is C#CC(C)(C)NS(=O)(=O)c1c(N)cccc1Cl. The second-order valence-electron chi connectivity index (χ2n) is 4.03. The van der Waals surface area contributed by atoms with E-state index in [0.717, 1.165) is 0 Å². The molecule has 0 aliphatic carbocycles. The standard InChI is InChI=1S/C11H13ClN2O2S/c1-4-11(2,3)14-17(15,16)10-8(12)6-5-7-9(10)13/h1,5-7,14H,13H2,2-3H3. The molecule has 0 aromatic heterocycles. The monoisotopic (exact) mass is 272 g/mol. The summed E-state index contributed by atoms with van der Waals surface area (Å²) in [5.41, 5.74) is 4.68. The number of hydrogen-bond acceptors (Lipinski definition) is 3. The van der Waals surface area contributed by atoms with Crippen molar-refractivity contribution in [2.24, 2.45) is 0 Å². The first-order valence-corrected chi connectivity index (χ1v) is 6.61. The summed E-state index contributed by atoms with van der Waals surface area (Å²) in [4.78, 5) is -0.148. The molecular formula is C11H13ClN2O2S. The minimum absolute atomic E-state index is 0.0605. The van der Waals surface area contributed by atoms with Gasteiger partial charge in [0.25, 0.3) is 0 Å². The van der Waals surface area contributed by atoms with E-state index in [9.17, 15) is 8.42 Å². The van der Waals surface area contributed by atoms with E-state index < -0.39 is 15.6 Å². The largest absolute Gasteiger partial charge is 0.398 e. The molecule has 1 aromatic carbocycles. The number of anilines is 1. The fourth-order valence-corrected chi connectivity index (χ4v) is 3.25. The number of nitrogens with two attached hydrogens (primary N) is 1. The summed E-state index contributed by atoms with van der Waals surface area (Å²) < 4.78 is 26.5. The molecule has 1 aromatic rings. The minimum atomic E-state index is -3.84. The van der Waals surface area contributed by atoms with Gasteiger partial charge in [-0.3, -0.25) is 0 Å². The summed E-state index contributed by atoms with van der Waals surface area (Å²) in [6.07, 6.45) is 5.23. The Morgan fingerprint density at radius 3 is 2.53 bits per heavy atom. The van der Waals surface area contributed by atoms with E-state index in [-0.39, 0.29) is 15.6 Å². The van der Waals surface area contributed by atoms with Gasteiger partial charge in [0.2, 0.25) is 10.0 Å². The van der Waals surface area contributed by atoms with Gasteiger partial charge in [-0.05, 0) is 26.0 Å². The molecule has 0 radical (unpaired) electrons. The number of rotatable bonds is 3. The molecular weight excluding hydrogens is 260 g/mol. The zero-order chi connectivity index (χ0) is 13.3. The lowest BCUT2D eigenvalue weighted by atomic mass is 10.1. The maximum absolute atomic E-state index is 12.1. The maximum atomic E-state index is 12.1. The average molecular weight is 273 g/mol. The quantitative estimate of drug-likeness (QED) is 0.649. The first-order valence-electron chi connectivity index (χ1n) is 4.75. The highest BCUT2D eigenvalue weighted by atomic mass is 35.5. The van der Waals surface area contributed by atoms with Gasteiger partial charge in [-0.25, -0.2) is 8.42 Å². The number of sulfonamides is 1. The van der Waals surface area contributed by atoms with Crippen LogP contribution in [0.25, 0.3) is 0 Å². The van der Waals surface area contributed by atoms with E-state index in [2.05, 4.69) is 10.6 Å². The third-order valence-corrected chi connectivity index (χ3v) is 4.22. The van der Waals surface area contributed by atoms with Gasteiger partial charge in [-0.2, -0.15) is 4.72 Å². The number of nitrogens with one attached hydrogen (secondary N) is 1. The molecule has 0 heterocycles. The molecule has 0 unspecified atom stereocenters. The van der Waals surface area contributed by atoms with E-state index in [1.807, 2.05) is 0 Å². The molecule has 0 aliphatic rings. The lowest BCUT2D eigenvalue weighted by molar-refractivity contribution is 0.539. The Hall–Kier alpha value is -1.22. The summed E-state index contributed by atoms with van der Waals surface area (Å²) >= 11 is 5.84. The molecule has 1 rings (SSSR count). The van der Waals surface area contributed by atoms with Gasteiger partial charge < -0.3 is 5.73 Å². The molecule has 17 heavy (non-hydrogen) atoms. The van der Waals surface area contributed by atoms with Gasteiger partial charge in [-0.1, -0.05) is 23.6 Å². The van der Waals surface area contributed by atoms with Crippen molar-refractivity contribution in [3.8, 4) is 12.3 Å². The van der Waals surface area contributed by atoms with Crippen LogP contribution in [0.3, 0.4) is 0 Å². The molecule has 92 valence electrons. The molecule has 4 nitrogen and oxygen atoms in total. The van der Waals surface area contributed by atoms with Crippen LogP contribution in [0.15, 0.2) is 23.1 Å². The zero-order valence-electron chi connectivity index (χ0n) is 9.49. The second kappa shape index (κ2) is 4.57. The zero-order valence-corrected chi connectivity index (χ0v) is 11.1. The fraction of sp³-hybridized carbons (Fsp3) is 0.273. The Morgan fingerprint density at radius 1 is 1.47 bits per heavy atom. The van der Waals surface area contributed by atoms with Gasteiger partial charge >= 0.3 is 0 Å². The lowest BCUT2D eigenvalue weighted by Crippen LogP contribution is -2.42. The Labute approximate surface area is 106 Å². The van der Waals surface area contributed by atoms with Crippen LogP contribution in [0.2, 0.25) is 5.02 Å². The predicted molar refractivity (Wildman–Crippen MR) is 69.1 cm³/mol. The molecule has 0 fully saturated rings. The number of terminal acetylenes is 1. The molecule has 0 saturated heterocycles. The Kier molecular flexibility index (Phi) is 3.72. The molecule has 3 N–H and O–H groups in total. The van der Waals surface area contributed by atoms with Gasteiger partial charge in [0.1, 0.15) is 4.90 Å². The third kappa shape index (κ3) is 3.13. The van der Waals surface area contributed by atoms with Crippen LogP contribution in [0, 0.1) is 12.3 Å². The number of nitrogen functional groups attached to an aromatic ring is 1. The van der Waals surface area contributed by atoms with Gasteiger partial charge in [-0.15, -0.1) is 6.42 Å². The van der Waals surface area contributed by atoms with Gasteiger partial charge in [0, 0.05) is 0 Å². The molecule has 0 amide bonds. The van der Waals surface area contributed by atoms with Crippen molar-refractivity contribution in [2.45, 2.75) is 24.3 Å². The maximum Gasteiger partial charge on any atom is 0.245 e. The smallest absolute Gasteiger partial charge is 0.245 e. The van der Waals surface area contributed by atoms with Crippen LogP contribution in [0.5, 0.6) is 0 Å². The number of hydrogen-bond donors (Lipinski definition) is 2. The topological polar surface area (TPSA) is 72.2 Å². The van der Waals surface area contributed by atoms with Crippen molar-refractivity contribution >= 4 is 27.3 Å². The first kappa shape index (κ1) is 13.8. The fourth-order valence-electron chi connectivity index (χ4n) is 1.23. The Balaban J connectivity index is 3.30. The highest BCUT2D eigenvalue weighted by Crippen LogP contribution is 2.27. The summed E-state index contributed by atoms with van der Waals surface area (Å²) in [5.74, 6) is 2.33. The van der Waals surface area contributed by atoms with Crippen molar-refractivity contribution in [2.75, 3.05) is 5.73 Å². The molecule has 0 saturated carbocycles. The summed E-state index contributed by atoms with van der Waals surface area (Å²) in [6.45, 7) is 3.13. The average Bonchev–Trinajstić information content (AvgIpc) is 2.15.